The molecule has 0 aliphatic carbocycles. The number of amides is 1. The van der Waals surface area contributed by atoms with Gasteiger partial charge >= 0.3 is 6.61 Å². The number of carbonyl (C=O) groups is 1. The molecular weight excluding hydrogens is 389 g/mol. The lowest BCUT2D eigenvalue weighted by Crippen LogP contribution is -2.17. The van der Waals surface area contributed by atoms with E-state index >= 15 is 0 Å². The number of aromatic nitrogens is 1. The highest BCUT2D eigenvalue weighted by molar-refractivity contribution is 6.04. The van der Waals surface area contributed by atoms with E-state index in [-0.39, 0.29) is 29.5 Å². The van der Waals surface area contributed by atoms with Crippen molar-refractivity contribution in [3.63, 3.8) is 0 Å². The minimum absolute atomic E-state index is 0.00520. The Labute approximate surface area is 164 Å². The number of nitrogens with zero attached hydrogens (tertiary/aromatic N) is 1. The summed E-state index contributed by atoms with van der Waals surface area (Å²) in [6.45, 7) is 0.0451. The summed E-state index contributed by atoms with van der Waals surface area (Å²) in [7, 11) is 0. The number of carbonyl (C=O) groups excluding carboxylic acids is 1. The number of ether oxygens (including phenoxy) is 2. The molecule has 1 aromatic heterocycles. The van der Waals surface area contributed by atoms with E-state index in [1.807, 2.05) is 0 Å². The summed E-state index contributed by atoms with van der Waals surface area (Å²) in [5, 5.41) is 6.18. The van der Waals surface area contributed by atoms with E-state index in [4.69, 9.17) is 9.26 Å². The maximum atomic E-state index is 13.7. The van der Waals surface area contributed by atoms with E-state index < -0.39 is 18.3 Å². The summed E-state index contributed by atoms with van der Waals surface area (Å²) in [4.78, 5) is 12.6. The number of halogens is 3. The number of hydrogen-bond donors (Lipinski definition) is 1. The zero-order valence-corrected chi connectivity index (χ0v) is 15.5. The van der Waals surface area contributed by atoms with Crippen LogP contribution in [0.4, 0.5) is 18.9 Å². The van der Waals surface area contributed by atoms with E-state index in [9.17, 15) is 18.0 Å². The third kappa shape index (κ3) is 4.87. The average Bonchev–Trinajstić information content (AvgIpc) is 3.03. The molecule has 0 saturated heterocycles. The van der Waals surface area contributed by atoms with Gasteiger partial charge in [-0.25, -0.2) is 4.39 Å². The van der Waals surface area contributed by atoms with Crippen LogP contribution in [0.2, 0.25) is 0 Å². The quantitative estimate of drug-likeness (QED) is 0.606. The van der Waals surface area contributed by atoms with Gasteiger partial charge in [0, 0.05) is 0 Å². The summed E-state index contributed by atoms with van der Waals surface area (Å²) in [6, 6.07) is 10.2. The summed E-state index contributed by atoms with van der Waals surface area (Å²) in [5.74, 6) is -1.14. The van der Waals surface area contributed by atoms with Crippen LogP contribution < -0.4 is 14.8 Å². The van der Waals surface area contributed by atoms with Crippen molar-refractivity contribution < 1.29 is 32.0 Å². The molecule has 0 fully saturated rings. The smallest absolute Gasteiger partial charge is 0.387 e. The van der Waals surface area contributed by atoms with Gasteiger partial charge in [-0.15, -0.1) is 0 Å². The van der Waals surface area contributed by atoms with Gasteiger partial charge in [-0.3, -0.25) is 4.79 Å². The molecule has 9 heteroatoms. The molecule has 1 N–H and O–H groups in total. The van der Waals surface area contributed by atoms with Gasteiger partial charge in [0.1, 0.15) is 18.1 Å². The zero-order valence-electron chi connectivity index (χ0n) is 15.5. The van der Waals surface area contributed by atoms with Gasteiger partial charge in [-0.2, -0.15) is 8.78 Å². The molecule has 2 aromatic carbocycles. The Kier molecular flexibility index (Phi) is 6.06. The molecule has 1 heterocycles. The van der Waals surface area contributed by atoms with Gasteiger partial charge < -0.3 is 19.3 Å². The van der Waals surface area contributed by atoms with Crippen LogP contribution in [0.1, 0.15) is 27.4 Å². The lowest BCUT2D eigenvalue weighted by atomic mass is 10.1. The Bertz CT molecular complexity index is 1020. The first-order chi connectivity index (χ1) is 13.8. The molecule has 0 aliphatic heterocycles. The molecule has 0 radical (unpaired) electrons. The molecule has 1 amide bonds. The molecular formula is C20H17F3N2O4. The SMILES string of the molecule is Cc1ccc(NC(=O)c2noc(C)c2COc2ccccc2F)c(OC(F)F)c1. The first-order valence-electron chi connectivity index (χ1n) is 8.54. The van der Waals surface area contributed by atoms with Crippen molar-refractivity contribution in [2.75, 3.05) is 5.32 Å². The van der Waals surface area contributed by atoms with Gasteiger partial charge in [0.15, 0.2) is 17.3 Å². The Morgan fingerprint density at radius 2 is 1.93 bits per heavy atom. The van der Waals surface area contributed by atoms with E-state index in [1.165, 1.54) is 30.3 Å². The van der Waals surface area contributed by atoms with Crippen molar-refractivity contribution in [1.29, 1.82) is 0 Å². The van der Waals surface area contributed by atoms with Crippen LogP contribution in [0.15, 0.2) is 47.0 Å². The molecule has 29 heavy (non-hydrogen) atoms. The van der Waals surface area contributed by atoms with Gasteiger partial charge in [-0.05, 0) is 43.7 Å². The largest absolute Gasteiger partial charge is 0.486 e. The van der Waals surface area contributed by atoms with Crippen molar-refractivity contribution in [1.82, 2.24) is 5.16 Å². The molecule has 0 unspecified atom stereocenters. The van der Waals surface area contributed by atoms with Crippen LogP contribution in [0.3, 0.4) is 0 Å². The Hall–Kier alpha value is -3.49. The van der Waals surface area contributed by atoms with Crippen LogP contribution in [-0.4, -0.2) is 17.7 Å². The number of nitrogens with one attached hydrogen (secondary N) is 1. The van der Waals surface area contributed by atoms with Crippen molar-refractivity contribution >= 4 is 11.6 Å². The minimum Gasteiger partial charge on any atom is -0.486 e. The van der Waals surface area contributed by atoms with Crippen LogP contribution >= 0.6 is 0 Å². The molecule has 3 aromatic rings. The Balaban J connectivity index is 1.80. The monoisotopic (exact) mass is 406 g/mol. The molecule has 152 valence electrons. The first-order valence-corrected chi connectivity index (χ1v) is 8.54. The Morgan fingerprint density at radius 1 is 1.17 bits per heavy atom. The third-order valence-electron chi connectivity index (χ3n) is 4.01. The maximum Gasteiger partial charge on any atom is 0.387 e. The molecule has 0 bridgehead atoms. The van der Waals surface area contributed by atoms with Crippen molar-refractivity contribution in [3.8, 4) is 11.5 Å². The highest BCUT2D eigenvalue weighted by atomic mass is 19.3. The number of para-hydroxylation sites is 1. The van der Waals surface area contributed by atoms with Crippen LogP contribution in [0.5, 0.6) is 11.5 Å². The highest BCUT2D eigenvalue weighted by Crippen LogP contribution is 2.28. The first kappa shape index (κ1) is 20.2. The molecule has 3 rings (SSSR count). The summed E-state index contributed by atoms with van der Waals surface area (Å²) >= 11 is 0. The molecule has 0 saturated carbocycles. The fourth-order valence-electron chi connectivity index (χ4n) is 2.56. The Morgan fingerprint density at radius 3 is 2.66 bits per heavy atom. The standard InChI is InChI=1S/C20H17F3N2O4/c1-11-7-8-15(17(9-11)28-20(22)23)24-19(26)18-13(12(2)29-25-18)10-27-16-6-4-3-5-14(16)21/h3-9,20H,10H2,1-2H3,(H,24,26). The van der Waals surface area contributed by atoms with Crippen LogP contribution in [0, 0.1) is 19.7 Å². The summed E-state index contributed by atoms with van der Waals surface area (Å²) in [6.07, 6.45) is 0. The summed E-state index contributed by atoms with van der Waals surface area (Å²) in [5.41, 5.74) is 0.911. The summed E-state index contributed by atoms with van der Waals surface area (Å²) < 4.78 is 53.9. The number of alkyl halides is 2. The lowest BCUT2D eigenvalue weighted by Gasteiger charge is -2.12. The fourth-order valence-corrected chi connectivity index (χ4v) is 2.56. The predicted octanol–water partition coefficient (Wildman–Crippen LogP) is 4.86. The van der Waals surface area contributed by atoms with Crippen molar-refractivity contribution in [2.45, 2.75) is 27.1 Å². The second-order valence-corrected chi connectivity index (χ2v) is 6.12. The number of anilines is 1. The van der Waals surface area contributed by atoms with Crippen molar-refractivity contribution in [3.05, 3.63) is 70.9 Å². The number of aryl methyl sites for hydroxylation is 2. The fraction of sp³-hybridized carbons (Fsp3) is 0.200. The normalized spacial score (nSPS) is 10.8. The van der Waals surface area contributed by atoms with Crippen LogP contribution in [-0.2, 0) is 6.61 Å². The second kappa shape index (κ2) is 8.68. The van der Waals surface area contributed by atoms with Gasteiger partial charge in [0.2, 0.25) is 0 Å². The predicted molar refractivity (Wildman–Crippen MR) is 97.7 cm³/mol. The number of benzene rings is 2. The van der Waals surface area contributed by atoms with Gasteiger partial charge in [0.05, 0.1) is 11.3 Å². The zero-order chi connectivity index (χ0) is 21.0. The molecule has 0 aliphatic rings. The van der Waals surface area contributed by atoms with E-state index in [0.29, 0.717) is 16.9 Å². The number of rotatable bonds is 7. The third-order valence-corrected chi connectivity index (χ3v) is 4.01. The highest BCUT2D eigenvalue weighted by Gasteiger charge is 2.22. The molecule has 0 spiro atoms. The van der Waals surface area contributed by atoms with E-state index in [2.05, 4.69) is 15.2 Å². The van der Waals surface area contributed by atoms with Crippen molar-refractivity contribution in [2.24, 2.45) is 0 Å². The van der Waals surface area contributed by atoms with E-state index in [0.717, 1.165) is 0 Å². The topological polar surface area (TPSA) is 73.6 Å². The average molecular weight is 406 g/mol. The minimum atomic E-state index is -3.05. The number of hydrogen-bond acceptors (Lipinski definition) is 5. The molecule has 6 nitrogen and oxygen atoms in total. The van der Waals surface area contributed by atoms with Gasteiger partial charge in [-0.1, -0.05) is 23.4 Å². The van der Waals surface area contributed by atoms with E-state index in [1.54, 1.807) is 26.0 Å². The van der Waals surface area contributed by atoms with Crippen LogP contribution in [0.25, 0.3) is 0 Å². The van der Waals surface area contributed by atoms with Gasteiger partial charge in [0.25, 0.3) is 5.91 Å². The maximum absolute atomic E-state index is 13.7. The molecule has 0 atom stereocenters. The second-order valence-electron chi connectivity index (χ2n) is 6.12. The lowest BCUT2D eigenvalue weighted by molar-refractivity contribution is -0.0494.